The highest BCUT2D eigenvalue weighted by Crippen LogP contribution is 2.28. The first-order valence-corrected chi connectivity index (χ1v) is 8.43. The van der Waals surface area contributed by atoms with Gasteiger partial charge < -0.3 is 9.47 Å². The molecule has 0 spiro atoms. The Bertz CT molecular complexity index is 1090. The van der Waals surface area contributed by atoms with Gasteiger partial charge in [0.1, 0.15) is 5.75 Å². The second-order valence-electron chi connectivity index (χ2n) is 6.12. The number of carbonyl (C=O) groups excluding carboxylic acids is 2. The van der Waals surface area contributed by atoms with E-state index in [1.807, 2.05) is 12.1 Å². The van der Waals surface area contributed by atoms with Crippen LogP contribution in [0.15, 0.2) is 54.6 Å². The van der Waals surface area contributed by atoms with Gasteiger partial charge in [-0.05, 0) is 24.4 Å². The molecular weight excluding hydrogens is 362 g/mol. The monoisotopic (exact) mass is 379 g/mol. The molecule has 0 N–H and O–H groups in total. The summed E-state index contributed by atoms with van der Waals surface area (Å²) < 4.78 is 10.5. The number of esters is 1. The summed E-state index contributed by atoms with van der Waals surface area (Å²) >= 11 is 0. The molecule has 0 aliphatic heterocycles. The third-order valence-corrected chi connectivity index (χ3v) is 4.39. The lowest BCUT2D eigenvalue weighted by molar-refractivity contribution is -0.385. The molecule has 0 atom stereocenters. The van der Waals surface area contributed by atoms with Crippen LogP contribution >= 0.6 is 0 Å². The van der Waals surface area contributed by atoms with Crippen LogP contribution in [-0.2, 0) is 4.74 Å². The molecule has 0 aromatic heterocycles. The Labute approximate surface area is 160 Å². The summed E-state index contributed by atoms with van der Waals surface area (Å²) in [7, 11) is 1.54. The zero-order valence-corrected chi connectivity index (χ0v) is 15.3. The number of aryl methyl sites for hydroxylation is 1. The molecule has 0 radical (unpaired) electrons. The largest absolute Gasteiger partial charge is 0.496 e. The summed E-state index contributed by atoms with van der Waals surface area (Å²) in [5, 5.41) is 12.4. The standard InChI is InChI=1S/C21H17NO6/c1-13-7-8-14(11-18(13)22(25)26)19(23)12-28-21(24)17-9-10-20(27-2)16-6-4-3-5-15(16)17/h3-11H,12H2,1-2H3. The first kappa shape index (κ1) is 19.0. The molecular formula is C21H17NO6. The van der Waals surface area contributed by atoms with Crippen molar-refractivity contribution in [3.05, 3.63) is 81.4 Å². The fraction of sp³-hybridized carbons (Fsp3) is 0.143. The highest BCUT2D eigenvalue weighted by Gasteiger charge is 2.18. The zero-order chi connectivity index (χ0) is 20.3. The number of benzene rings is 3. The van der Waals surface area contributed by atoms with Crippen LogP contribution < -0.4 is 4.74 Å². The van der Waals surface area contributed by atoms with Crippen LogP contribution in [0, 0.1) is 17.0 Å². The Morgan fingerprint density at radius 2 is 1.75 bits per heavy atom. The Morgan fingerprint density at radius 3 is 2.43 bits per heavy atom. The van der Waals surface area contributed by atoms with Gasteiger partial charge in [-0.25, -0.2) is 4.79 Å². The molecule has 3 aromatic rings. The Kier molecular flexibility index (Phi) is 5.35. The van der Waals surface area contributed by atoms with Crippen molar-refractivity contribution < 1.29 is 24.0 Å². The number of hydrogen-bond acceptors (Lipinski definition) is 6. The SMILES string of the molecule is COc1ccc(C(=O)OCC(=O)c2ccc(C)c([N+](=O)[O-])c2)c2ccccc12. The maximum atomic E-state index is 12.5. The van der Waals surface area contributed by atoms with Crippen molar-refractivity contribution in [3.63, 3.8) is 0 Å². The van der Waals surface area contributed by atoms with Crippen LogP contribution in [0.5, 0.6) is 5.75 Å². The molecule has 0 aliphatic rings. The molecule has 0 bridgehead atoms. The predicted molar refractivity (Wildman–Crippen MR) is 103 cm³/mol. The molecule has 28 heavy (non-hydrogen) atoms. The van der Waals surface area contributed by atoms with Gasteiger partial charge in [-0.15, -0.1) is 0 Å². The molecule has 3 aromatic carbocycles. The third kappa shape index (κ3) is 3.68. The maximum absolute atomic E-state index is 12.5. The Hall–Kier alpha value is -3.74. The summed E-state index contributed by atoms with van der Waals surface area (Å²) in [5.41, 5.74) is 0.713. The first-order chi connectivity index (χ1) is 13.4. The number of ketones is 1. The van der Waals surface area contributed by atoms with Gasteiger partial charge in [0.25, 0.3) is 5.69 Å². The van der Waals surface area contributed by atoms with E-state index in [9.17, 15) is 19.7 Å². The van der Waals surface area contributed by atoms with E-state index in [2.05, 4.69) is 0 Å². The average Bonchev–Trinajstić information content (AvgIpc) is 2.71. The van der Waals surface area contributed by atoms with Crippen LogP contribution in [0.25, 0.3) is 10.8 Å². The van der Waals surface area contributed by atoms with Gasteiger partial charge in [0.05, 0.1) is 17.6 Å². The molecule has 0 fully saturated rings. The molecule has 142 valence electrons. The molecule has 0 aliphatic carbocycles. The lowest BCUT2D eigenvalue weighted by atomic mass is 10.0. The van der Waals surface area contributed by atoms with Gasteiger partial charge in [0, 0.05) is 22.6 Å². The van der Waals surface area contributed by atoms with Crippen LogP contribution in [0.3, 0.4) is 0 Å². The van der Waals surface area contributed by atoms with Crippen LogP contribution in [0.4, 0.5) is 5.69 Å². The number of ether oxygens (including phenoxy) is 2. The molecule has 0 heterocycles. The molecule has 0 saturated carbocycles. The van der Waals surface area contributed by atoms with Crippen molar-refractivity contribution in [1.29, 1.82) is 0 Å². The van der Waals surface area contributed by atoms with Gasteiger partial charge in [-0.2, -0.15) is 0 Å². The number of nitrogens with zero attached hydrogens (tertiary/aromatic N) is 1. The number of nitro groups is 1. The number of rotatable bonds is 6. The van der Waals surface area contributed by atoms with Gasteiger partial charge in [0.15, 0.2) is 6.61 Å². The number of methoxy groups -OCH3 is 1. The highest BCUT2D eigenvalue weighted by atomic mass is 16.6. The van der Waals surface area contributed by atoms with Crippen molar-refractivity contribution in [2.75, 3.05) is 13.7 Å². The van der Waals surface area contributed by atoms with Gasteiger partial charge >= 0.3 is 5.97 Å². The van der Waals surface area contributed by atoms with E-state index in [0.29, 0.717) is 22.3 Å². The van der Waals surface area contributed by atoms with Crippen molar-refractivity contribution in [2.45, 2.75) is 6.92 Å². The summed E-state index contributed by atoms with van der Waals surface area (Å²) in [6.07, 6.45) is 0. The lowest BCUT2D eigenvalue weighted by Crippen LogP contribution is -2.15. The van der Waals surface area contributed by atoms with E-state index in [1.165, 1.54) is 18.2 Å². The van der Waals surface area contributed by atoms with Crippen molar-refractivity contribution in [2.24, 2.45) is 0 Å². The van der Waals surface area contributed by atoms with Gasteiger partial charge in [0.2, 0.25) is 5.78 Å². The van der Waals surface area contributed by atoms with Crippen molar-refractivity contribution in [1.82, 2.24) is 0 Å². The summed E-state index contributed by atoms with van der Waals surface area (Å²) in [6, 6.07) is 14.6. The van der Waals surface area contributed by atoms with Gasteiger partial charge in [-0.3, -0.25) is 14.9 Å². The van der Waals surface area contributed by atoms with Crippen molar-refractivity contribution >= 4 is 28.2 Å². The second kappa shape index (κ2) is 7.87. The van der Waals surface area contributed by atoms with E-state index >= 15 is 0 Å². The predicted octanol–water partition coefficient (Wildman–Crippen LogP) is 4.10. The minimum absolute atomic E-state index is 0.115. The van der Waals surface area contributed by atoms with Crippen LogP contribution in [0.2, 0.25) is 0 Å². The number of nitro benzene ring substituents is 1. The Morgan fingerprint density at radius 1 is 1.04 bits per heavy atom. The number of Topliss-reactive ketones (excluding diaryl/α,β-unsaturated/α-hetero) is 1. The quantitative estimate of drug-likeness (QED) is 0.277. The van der Waals surface area contributed by atoms with E-state index in [4.69, 9.17) is 9.47 Å². The van der Waals surface area contributed by atoms with Crippen LogP contribution in [0.1, 0.15) is 26.3 Å². The fourth-order valence-electron chi connectivity index (χ4n) is 2.90. The summed E-state index contributed by atoms with van der Waals surface area (Å²) in [4.78, 5) is 35.3. The fourth-order valence-corrected chi connectivity index (χ4v) is 2.90. The van der Waals surface area contributed by atoms with E-state index in [-0.39, 0.29) is 11.3 Å². The highest BCUT2D eigenvalue weighted by molar-refractivity contribution is 6.07. The summed E-state index contributed by atoms with van der Waals surface area (Å²) in [6.45, 7) is 1.07. The smallest absolute Gasteiger partial charge is 0.339 e. The molecule has 7 nitrogen and oxygen atoms in total. The molecule has 7 heteroatoms. The van der Waals surface area contributed by atoms with E-state index in [0.717, 1.165) is 5.39 Å². The van der Waals surface area contributed by atoms with E-state index < -0.39 is 23.3 Å². The average molecular weight is 379 g/mol. The van der Waals surface area contributed by atoms with Gasteiger partial charge in [-0.1, -0.05) is 36.4 Å². The molecule has 0 amide bonds. The minimum Gasteiger partial charge on any atom is -0.496 e. The normalized spacial score (nSPS) is 10.5. The van der Waals surface area contributed by atoms with Crippen molar-refractivity contribution in [3.8, 4) is 5.75 Å². The number of fused-ring (bicyclic) bond motifs is 1. The molecule has 0 saturated heterocycles. The molecule has 3 rings (SSSR count). The Balaban J connectivity index is 1.80. The third-order valence-electron chi connectivity index (χ3n) is 4.39. The maximum Gasteiger partial charge on any atom is 0.339 e. The number of carbonyl (C=O) groups is 2. The summed E-state index contributed by atoms with van der Waals surface area (Å²) in [5.74, 6) is -0.557. The first-order valence-electron chi connectivity index (χ1n) is 8.43. The number of hydrogen-bond donors (Lipinski definition) is 0. The topological polar surface area (TPSA) is 95.7 Å². The lowest BCUT2D eigenvalue weighted by Gasteiger charge is -2.10. The molecule has 0 unspecified atom stereocenters. The second-order valence-corrected chi connectivity index (χ2v) is 6.12. The minimum atomic E-state index is -0.659. The zero-order valence-electron chi connectivity index (χ0n) is 15.3. The van der Waals surface area contributed by atoms with E-state index in [1.54, 1.807) is 38.3 Å². The van der Waals surface area contributed by atoms with Crippen LogP contribution in [-0.4, -0.2) is 30.4 Å².